The van der Waals surface area contributed by atoms with E-state index in [1.165, 1.54) is 36.0 Å². The van der Waals surface area contributed by atoms with Gasteiger partial charge < -0.3 is 16.4 Å². The molecule has 0 aromatic carbocycles. The first-order valence-corrected chi connectivity index (χ1v) is 11.6. The number of carbonyl (C=O) groups excluding carboxylic acids is 2. The van der Waals surface area contributed by atoms with Crippen LogP contribution >= 0.6 is 0 Å². The first kappa shape index (κ1) is 27.6. The van der Waals surface area contributed by atoms with Crippen molar-refractivity contribution in [3.63, 3.8) is 0 Å². The van der Waals surface area contributed by atoms with Crippen molar-refractivity contribution < 1.29 is 9.59 Å². The van der Waals surface area contributed by atoms with Gasteiger partial charge in [0.2, 0.25) is 11.8 Å². The van der Waals surface area contributed by atoms with E-state index in [2.05, 4.69) is 56.6 Å². The topological polar surface area (TPSA) is 84.2 Å². The molecular weight excluding hydrogens is 398 g/mol. The van der Waals surface area contributed by atoms with E-state index in [9.17, 15) is 9.59 Å². The molecule has 4 N–H and O–H groups in total. The summed E-state index contributed by atoms with van der Waals surface area (Å²) in [4.78, 5) is 23.6. The molecule has 32 heavy (non-hydrogen) atoms. The lowest BCUT2D eigenvalue weighted by molar-refractivity contribution is -0.127. The molecule has 0 aliphatic heterocycles. The van der Waals surface area contributed by atoms with Gasteiger partial charge in [0.1, 0.15) is 0 Å². The van der Waals surface area contributed by atoms with E-state index in [4.69, 9.17) is 5.73 Å². The van der Waals surface area contributed by atoms with E-state index < -0.39 is 6.04 Å². The highest BCUT2D eigenvalue weighted by molar-refractivity contribution is 5.87. The quantitative estimate of drug-likeness (QED) is 0.428. The molecule has 5 nitrogen and oxygen atoms in total. The molecule has 0 spiro atoms. The predicted molar refractivity (Wildman–Crippen MR) is 135 cm³/mol. The van der Waals surface area contributed by atoms with Gasteiger partial charge in [0.05, 0.1) is 12.6 Å². The summed E-state index contributed by atoms with van der Waals surface area (Å²) in [5, 5.41) is 5.33. The fourth-order valence-corrected chi connectivity index (χ4v) is 3.68. The molecule has 0 bridgehead atoms. The van der Waals surface area contributed by atoms with Crippen LogP contribution in [-0.4, -0.2) is 30.9 Å². The number of hydrogen-bond donors (Lipinski definition) is 3. The maximum atomic E-state index is 11.9. The number of carbonyl (C=O) groups is 2. The Balaban J connectivity index is 2.48. The van der Waals surface area contributed by atoms with Crippen molar-refractivity contribution in [3.05, 3.63) is 58.7 Å². The van der Waals surface area contributed by atoms with Crippen LogP contribution in [0.1, 0.15) is 67.7 Å². The largest absolute Gasteiger partial charge is 0.351 e. The van der Waals surface area contributed by atoms with Crippen molar-refractivity contribution in [2.24, 2.45) is 17.1 Å². The third-order valence-electron chi connectivity index (χ3n) is 5.94. The summed E-state index contributed by atoms with van der Waals surface area (Å²) in [6.45, 7) is 15.1. The summed E-state index contributed by atoms with van der Waals surface area (Å²) in [6, 6.07) is -0.601. The van der Waals surface area contributed by atoms with E-state index in [0.29, 0.717) is 6.54 Å². The number of nitrogens with one attached hydrogen (secondary N) is 2. The van der Waals surface area contributed by atoms with Crippen LogP contribution in [-0.2, 0) is 9.59 Å². The van der Waals surface area contributed by atoms with Gasteiger partial charge in [-0.15, -0.1) is 0 Å². The van der Waals surface area contributed by atoms with E-state index in [-0.39, 0.29) is 29.7 Å². The highest BCUT2D eigenvalue weighted by atomic mass is 16.2. The molecule has 1 aliphatic rings. The average Bonchev–Trinajstić information content (AvgIpc) is 2.70. The molecule has 0 heterocycles. The molecule has 0 saturated carbocycles. The minimum Gasteiger partial charge on any atom is -0.351 e. The molecule has 0 saturated heterocycles. The molecule has 0 aromatic rings. The molecule has 5 heteroatoms. The Hall–Kier alpha value is -2.40. The summed E-state index contributed by atoms with van der Waals surface area (Å²) in [6.07, 6.45) is 16.2. The maximum Gasteiger partial charge on any atom is 0.239 e. The lowest BCUT2D eigenvalue weighted by atomic mass is 9.72. The maximum absolute atomic E-state index is 11.9. The van der Waals surface area contributed by atoms with Crippen LogP contribution < -0.4 is 16.4 Å². The number of hydrogen-bond acceptors (Lipinski definition) is 3. The first-order valence-electron chi connectivity index (χ1n) is 11.6. The standard InChI is InChI=1S/C27H43N3O2/c1-19(2)25(28)26(32)30-18-24(31)29-17-15-21(4)11-8-10-20(3)13-14-23-22(5)12-9-16-27(23,6)7/h8,10-11,13-15,19,25H,9,12,16-18,28H2,1-7H3,(H,29,31)(H,30,32)/t25-/m0/s1. The lowest BCUT2D eigenvalue weighted by Crippen LogP contribution is -2.47. The number of allylic oxidation sites excluding steroid dienone is 9. The molecule has 1 atom stereocenters. The predicted octanol–water partition coefficient (Wildman–Crippen LogP) is 4.73. The van der Waals surface area contributed by atoms with Gasteiger partial charge in [-0.05, 0) is 56.9 Å². The second kappa shape index (κ2) is 13.2. The fraction of sp³-hybridized carbons (Fsp3) is 0.556. The van der Waals surface area contributed by atoms with Gasteiger partial charge >= 0.3 is 0 Å². The summed E-state index contributed by atoms with van der Waals surface area (Å²) in [7, 11) is 0. The zero-order valence-electron chi connectivity index (χ0n) is 21.0. The first-order chi connectivity index (χ1) is 14.9. The minimum absolute atomic E-state index is 0.0314. The Morgan fingerprint density at radius 2 is 1.81 bits per heavy atom. The molecule has 1 aliphatic carbocycles. The Morgan fingerprint density at radius 1 is 1.12 bits per heavy atom. The van der Waals surface area contributed by atoms with Crippen molar-refractivity contribution in [2.75, 3.05) is 13.1 Å². The van der Waals surface area contributed by atoms with Crippen molar-refractivity contribution in [2.45, 2.75) is 73.8 Å². The Bertz CT molecular complexity index is 811. The van der Waals surface area contributed by atoms with Gasteiger partial charge in [-0.3, -0.25) is 9.59 Å². The number of rotatable bonds is 10. The smallest absolute Gasteiger partial charge is 0.239 e. The monoisotopic (exact) mass is 441 g/mol. The van der Waals surface area contributed by atoms with Crippen LogP contribution in [0.25, 0.3) is 0 Å². The van der Waals surface area contributed by atoms with Crippen LogP contribution in [0.3, 0.4) is 0 Å². The van der Waals surface area contributed by atoms with Crippen molar-refractivity contribution in [1.29, 1.82) is 0 Å². The highest BCUT2D eigenvalue weighted by Crippen LogP contribution is 2.40. The number of nitrogens with two attached hydrogens (primary N) is 1. The van der Waals surface area contributed by atoms with E-state index >= 15 is 0 Å². The summed E-state index contributed by atoms with van der Waals surface area (Å²) < 4.78 is 0. The van der Waals surface area contributed by atoms with Gasteiger partial charge in [-0.25, -0.2) is 0 Å². The van der Waals surface area contributed by atoms with Crippen LogP contribution in [0.5, 0.6) is 0 Å². The Labute approximate surface area is 195 Å². The Morgan fingerprint density at radius 3 is 2.44 bits per heavy atom. The van der Waals surface area contributed by atoms with Crippen molar-refractivity contribution >= 4 is 11.8 Å². The molecule has 0 fully saturated rings. The second-order valence-electron chi connectivity index (χ2n) is 9.77. The van der Waals surface area contributed by atoms with Gasteiger partial charge in [-0.2, -0.15) is 0 Å². The fourth-order valence-electron chi connectivity index (χ4n) is 3.68. The zero-order chi connectivity index (χ0) is 24.3. The molecule has 0 aromatic heterocycles. The molecule has 0 unspecified atom stereocenters. The van der Waals surface area contributed by atoms with E-state index in [1.807, 2.05) is 39.0 Å². The minimum atomic E-state index is -0.601. The Kier molecular flexibility index (Phi) is 11.4. The normalized spacial score (nSPS) is 18.5. The van der Waals surface area contributed by atoms with Gasteiger partial charge in [0, 0.05) is 6.54 Å². The highest BCUT2D eigenvalue weighted by Gasteiger charge is 2.26. The van der Waals surface area contributed by atoms with Crippen LogP contribution in [0.4, 0.5) is 0 Å². The zero-order valence-corrected chi connectivity index (χ0v) is 21.0. The molecule has 1 rings (SSSR count). The van der Waals surface area contributed by atoms with Gasteiger partial charge in [0.25, 0.3) is 0 Å². The van der Waals surface area contributed by atoms with Crippen molar-refractivity contribution in [3.8, 4) is 0 Å². The van der Waals surface area contributed by atoms with Gasteiger partial charge in [-0.1, -0.05) is 80.9 Å². The van der Waals surface area contributed by atoms with Crippen LogP contribution in [0.15, 0.2) is 58.7 Å². The van der Waals surface area contributed by atoms with E-state index in [1.54, 1.807) is 0 Å². The van der Waals surface area contributed by atoms with Crippen LogP contribution in [0, 0.1) is 11.3 Å². The molecule has 0 radical (unpaired) electrons. The van der Waals surface area contributed by atoms with Gasteiger partial charge in [0.15, 0.2) is 0 Å². The summed E-state index contributed by atoms with van der Waals surface area (Å²) >= 11 is 0. The third-order valence-corrected chi connectivity index (χ3v) is 5.94. The lowest BCUT2D eigenvalue weighted by Gasteiger charge is -2.32. The third kappa shape index (κ3) is 9.82. The molecule has 178 valence electrons. The summed E-state index contributed by atoms with van der Waals surface area (Å²) in [5.41, 5.74) is 11.2. The average molecular weight is 442 g/mol. The van der Waals surface area contributed by atoms with E-state index in [0.717, 1.165) is 5.57 Å². The SMILES string of the molecule is CC(C=CC1=C(C)CCCC1(C)C)=CC=CC(C)=CCNC(=O)CNC(=O)[C@@H](N)C(C)C. The van der Waals surface area contributed by atoms with Crippen LogP contribution in [0.2, 0.25) is 0 Å². The second-order valence-corrected chi connectivity index (χ2v) is 9.77. The summed E-state index contributed by atoms with van der Waals surface area (Å²) in [5.74, 6) is -0.512. The molecular formula is C27H43N3O2. The van der Waals surface area contributed by atoms with Crippen molar-refractivity contribution in [1.82, 2.24) is 10.6 Å². The molecule has 2 amide bonds. The number of amides is 2.